The zero-order chi connectivity index (χ0) is 14.0. The Morgan fingerprint density at radius 1 is 1.42 bits per heavy atom. The van der Waals surface area contributed by atoms with Crippen molar-refractivity contribution >= 4 is 20.6 Å². The fourth-order valence-electron chi connectivity index (χ4n) is 2.36. The molecule has 2 rings (SSSR count). The Labute approximate surface area is 117 Å². The minimum absolute atomic E-state index is 0.117. The van der Waals surface area contributed by atoms with E-state index >= 15 is 0 Å². The van der Waals surface area contributed by atoms with E-state index in [1.165, 1.54) is 0 Å². The summed E-state index contributed by atoms with van der Waals surface area (Å²) in [5.41, 5.74) is 0.854. The molecule has 0 saturated carbocycles. The van der Waals surface area contributed by atoms with E-state index in [-0.39, 0.29) is 17.8 Å². The van der Waals surface area contributed by atoms with Crippen LogP contribution in [0.25, 0.3) is 0 Å². The van der Waals surface area contributed by atoms with Gasteiger partial charge in [-0.05, 0) is 25.0 Å². The number of hydrogen-bond acceptors (Lipinski definition) is 4. The molecule has 3 unspecified atom stereocenters. The summed E-state index contributed by atoms with van der Waals surface area (Å²) in [5, 5.41) is 3.33. The minimum Gasteiger partial charge on any atom is -0.306 e. The second kappa shape index (κ2) is 5.73. The van der Waals surface area contributed by atoms with E-state index < -0.39 is 20.6 Å². The predicted octanol–water partition coefficient (Wildman–Crippen LogP) is 1.26. The molecule has 1 aromatic carbocycles. The molecule has 1 heterocycles. The maximum absolute atomic E-state index is 12.0. The van der Waals surface area contributed by atoms with Crippen LogP contribution in [-0.2, 0) is 20.6 Å². The van der Waals surface area contributed by atoms with Gasteiger partial charge in [-0.3, -0.25) is 4.21 Å². The molecule has 0 spiro atoms. The Bertz CT molecular complexity index is 583. The highest BCUT2D eigenvalue weighted by molar-refractivity contribution is 7.91. The molecule has 0 amide bonds. The van der Waals surface area contributed by atoms with E-state index in [0.717, 1.165) is 12.0 Å². The molecule has 19 heavy (non-hydrogen) atoms. The Morgan fingerprint density at radius 3 is 2.79 bits per heavy atom. The van der Waals surface area contributed by atoms with Crippen LogP contribution in [0, 0.1) is 0 Å². The van der Waals surface area contributed by atoms with Gasteiger partial charge in [0.25, 0.3) is 0 Å². The number of rotatable bonds is 5. The van der Waals surface area contributed by atoms with Gasteiger partial charge < -0.3 is 5.32 Å². The average molecular weight is 301 g/mol. The largest absolute Gasteiger partial charge is 0.306 e. The molecule has 1 N–H and O–H groups in total. The van der Waals surface area contributed by atoms with Gasteiger partial charge in [0.05, 0.1) is 10.6 Å². The second-order valence-electron chi connectivity index (χ2n) is 5.01. The molecule has 0 aromatic heterocycles. The van der Waals surface area contributed by atoms with E-state index in [1.807, 2.05) is 19.1 Å². The van der Waals surface area contributed by atoms with Crippen molar-refractivity contribution in [1.82, 2.24) is 5.32 Å². The van der Waals surface area contributed by atoms with Crippen molar-refractivity contribution in [3.05, 3.63) is 29.8 Å². The van der Waals surface area contributed by atoms with Gasteiger partial charge in [0, 0.05) is 34.9 Å². The third-order valence-electron chi connectivity index (χ3n) is 3.34. The summed E-state index contributed by atoms with van der Waals surface area (Å²) in [6.45, 7) is 2.00. The molecule has 1 aliphatic heterocycles. The Kier molecular flexibility index (Phi) is 4.43. The lowest BCUT2D eigenvalue weighted by molar-refractivity contribution is 0.473. The van der Waals surface area contributed by atoms with Crippen LogP contribution in [-0.4, -0.2) is 36.4 Å². The lowest BCUT2D eigenvalue weighted by Gasteiger charge is -2.19. The van der Waals surface area contributed by atoms with Gasteiger partial charge in [-0.15, -0.1) is 0 Å². The first-order valence-corrected chi connectivity index (χ1v) is 9.66. The van der Waals surface area contributed by atoms with Crippen LogP contribution in [0.2, 0.25) is 0 Å². The first kappa shape index (κ1) is 14.7. The summed E-state index contributed by atoms with van der Waals surface area (Å²) < 4.78 is 35.1. The summed E-state index contributed by atoms with van der Waals surface area (Å²) >= 11 is 0. The number of sulfone groups is 1. The first-order chi connectivity index (χ1) is 8.90. The second-order valence-corrected chi connectivity index (χ2v) is 8.56. The minimum atomic E-state index is -3.15. The van der Waals surface area contributed by atoms with Gasteiger partial charge in [-0.1, -0.05) is 18.2 Å². The summed E-state index contributed by atoms with van der Waals surface area (Å²) in [4.78, 5) is 0.443. The van der Waals surface area contributed by atoms with Crippen LogP contribution < -0.4 is 5.32 Å². The smallest absolute Gasteiger partial charge is 0.180 e. The molecule has 0 radical (unpaired) electrons. The number of fused-ring (bicyclic) bond motifs is 1. The molecular formula is C13H19NO3S2. The molecule has 1 aromatic rings. The highest BCUT2D eigenvalue weighted by Crippen LogP contribution is 2.33. The van der Waals surface area contributed by atoms with Crippen molar-refractivity contribution in [2.75, 3.05) is 17.8 Å². The quantitative estimate of drug-likeness (QED) is 0.889. The molecule has 1 aliphatic rings. The molecule has 0 aliphatic carbocycles. The molecule has 0 saturated heterocycles. The van der Waals surface area contributed by atoms with E-state index in [0.29, 0.717) is 10.6 Å². The third kappa shape index (κ3) is 3.43. The normalized spacial score (nSPS) is 23.8. The molecule has 0 fully saturated rings. The summed E-state index contributed by atoms with van der Waals surface area (Å²) in [5.74, 6) is 0.751. The lowest BCUT2D eigenvalue weighted by atomic mass is 10.1. The molecule has 0 bridgehead atoms. The van der Waals surface area contributed by atoms with Crippen molar-refractivity contribution < 1.29 is 12.6 Å². The molecule has 3 atom stereocenters. The summed E-state index contributed by atoms with van der Waals surface area (Å²) in [7, 11) is -3.96. The van der Waals surface area contributed by atoms with Gasteiger partial charge in [0.1, 0.15) is 0 Å². The summed E-state index contributed by atoms with van der Waals surface area (Å²) in [6, 6.07) is 7.14. The van der Waals surface area contributed by atoms with E-state index in [4.69, 9.17) is 0 Å². The number of benzene rings is 1. The topological polar surface area (TPSA) is 63.2 Å². The average Bonchev–Trinajstić information content (AvgIpc) is 2.59. The van der Waals surface area contributed by atoms with Crippen molar-refractivity contribution in [3.8, 4) is 0 Å². The molecule has 6 heteroatoms. The Morgan fingerprint density at radius 2 is 2.11 bits per heavy atom. The van der Waals surface area contributed by atoms with Gasteiger partial charge in [0.2, 0.25) is 0 Å². The van der Waals surface area contributed by atoms with Gasteiger partial charge in [0.15, 0.2) is 9.84 Å². The van der Waals surface area contributed by atoms with Crippen molar-refractivity contribution in [3.63, 3.8) is 0 Å². The van der Waals surface area contributed by atoms with Crippen LogP contribution in [0.15, 0.2) is 29.2 Å². The zero-order valence-corrected chi connectivity index (χ0v) is 12.8. The predicted molar refractivity (Wildman–Crippen MR) is 77.4 cm³/mol. The fourth-order valence-corrected chi connectivity index (χ4v) is 4.79. The van der Waals surface area contributed by atoms with Crippen LogP contribution in [0.4, 0.5) is 0 Å². The lowest BCUT2D eigenvalue weighted by Crippen LogP contribution is -2.32. The SMILES string of the molecule is CC(CCS(C)=O)NC1CS(=O)(=O)c2ccccc21. The first-order valence-electron chi connectivity index (χ1n) is 6.28. The highest BCUT2D eigenvalue weighted by Gasteiger charge is 2.34. The van der Waals surface area contributed by atoms with Crippen LogP contribution in [0.1, 0.15) is 24.9 Å². The van der Waals surface area contributed by atoms with Crippen LogP contribution >= 0.6 is 0 Å². The molecular weight excluding hydrogens is 282 g/mol. The van der Waals surface area contributed by atoms with Crippen molar-refractivity contribution in [2.45, 2.75) is 30.3 Å². The van der Waals surface area contributed by atoms with E-state index in [9.17, 15) is 12.6 Å². The monoisotopic (exact) mass is 301 g/mol. The zero-order valence-electron chi connectivity index (χ0n) is 11.1. The van der Waals surface area contributed by atoms with Gasteiger partial charge in [-0.2, -0.15) is 0 Å². The molecule has 4 nitrogen and oxygen atoms in total. The maximum Gasteiger partial charge on any atom is 0.180 e. The van der Waals surface area contributed by atoms with Crippen LogP contribution in [0.3, 0.4) is 0 Å². The highest BCUT2D eigenvalue weighted by atomic mass is 32.2. The fraction of sp³-hybridized carbons (Fsp3) is 0.538. The standard InChI is InChI=1S/C13H19NO3S2/c1-10(7-8-18(2)15)14-12-9-19(16,17)13-6-4-3-5-11(12)13/h3-6,10,12,14H,7-9H2,1-2H3. The van der Waals surface area contributed by atoms with Gasteiger partial charge >= 0.3 is 0 Å². The Hall–Kier alpha value is -0.720. The number of hydrogen-bond donors (Lipinski definition) is 1. The molecule has 106 valence electrons. The third-order valence-corrected chi connectivity index (χ3v) is 5.96. The Balaban J connectivity index is 2.10. The van der Waals surface area contributed by atoms with Crippen molar-refractivity contribution in [2.24, 2.45) is 0 Å². The maximum atomic E-state index is 12.0. The van der Waals surface area contributed by atoms with Crippen molar-refractivity contribution in [1.29, 1.82) is 0 Å². The number of nitrogens with one attached hydrogen (secondary N) is 1. The van der Waals surface area contributed by atoms with E-state index in [2.05, 4.69) is 5.32 Å². The van der Waals surface area contributed by atoms with Gasteiger partial charge in [-0.25, -0.2) is 8.42 Å². The van der Waals surface area contributed by atoms with E-state index in [1.54, 1.807) is 18.4 Å². The summed E-state index contributed by atoms with van der Waals surface area (Å²) in [6.07, 6.45) is 2.46. The van der Waals surface area contributed by atoms with Crippen LogP contribution in [0.5, 0.6) is 0 Å².